The first-order chi connectivity index (χ1) is 9.95. The Hall–Kier alpha value is -1.55. The number of unbranched alkanes of at least 4 members (excludes halogenated alkanes) is 1. The Bertz CT molecular complexity index is 512. The molecule has 0 saturated carbocycles. The zero-order chi connectivity index (χ0) is 15.6. The van der Waals surface area contributed by atoms with E-state index >= 15 is 0 Å². The molecule has 1 aliphatic heterocycles. The van der Waals surface area contributed by atoms with Gasteiger partial charge in [0.2, 0.25) is 0 Å². The highest BCUT2D eigenvalue weighted by Gasteiger charge is 2.36. The largest absolute Gasteiger partial charge is 0.478 e. The van der Waals surface area contributed by atoms with E-state index in [0.29, 0.717) is 0 Å². The van der Waals surface area contributed by atoms with Gasteiger partial charge >= 0.3 is 0 Å². The van der Waals surface area contributed by atoms with Crippen molar-refractivity contribution in [3.63, 3.8) is 0 Å². The molecule has 0 saturated heterocycles. The van der Waals surface area contributed by atoms with E-state index in [1.165, 1.54) is 0 Å². The molecule has 2 atom stereocenters. The van der Waals surface area contributed by atoms with Crippen molar-refractivity contribution in [2.75, 3.05) is 11.4 Å². The quantitative estimate of drug-likeness (QED) is 0.905. The van der Waals surface area contributed by atoms with E-state index in [1.807, 2.05) is 43.9 Å². The van der Waals surface area contributed by atoms with Gasteiger partial charge in [-0.2, -0.15) is 0 Å². The van der Waals surface area contributed by atoms with Crippen LogP contribution in [0.3, 0.4) is 0 Å². The van der Waals surface area contributed by atoms with E-state index in [-0.39, 0.29) is 17.9 Å². The number of ether oxygens (including phenoxy) is 1. The van der Waals surface area contributed by atoms with Crippen molar-refractivity contribution in [1.29, 1.82) is 0 Å². The van der Waals surface area contributed by atoms with Crippen LogP contribution in [0.5, 0.6) is 5.75 Å². The summed E-state index contributed by atoms with van der Waals surface area (Å²) in [6.07, 6.45) is 1.65. The molecule has 0 radical (unpaired) electrons. The van der Waals surface area contributed by atoms with Crippen molar-refractivity contribution in [2.24, 2.45) is 11.7 Å². The number of carbonyl (C=O) groups is 1. The van der Waals surface area contributed by atoms with Crippen LogP contribution < -0.4 is 15.4 Å². The van der Waals surface area contributed by atoms with E-state index in [2.05, 4.69) is 6.92 Å². The van der Waals surface area contributed by atoms with Crippen molar-refractivity contribution in [2.45, 2.75) is 52.7 Å². The summed E-state index contributed by atoms with van der Waals surface area (Å²) in [5.41, 5.74) is 7.84. The molecule has 21 heavy (non-hydrogen) atoms. The normalized spacial score (nSPS) is 19.4. The molecular weight excluding hydrogens is 264 g/mol. The summed E-state index contributed by atoms with van der Waals surface area (Å²) in [5.74, 6) is 1.00. The van der Waals surface area contributed by atoms with Crippen molar-refractivity contribution in [3.05, 3.63) is 23.8 Å². The third-order valence-corrected chi connectivity index (χ3v) is 3.90. The fourth-order valence-corrected chi connectivity index (χ4v) is 2.56. The maximum atomic E-state index is 12.7. The van der Waals surface area contributed by atoms with Crippen molar-refractivity contribution in [3.8, 4) is 5.75 Å². The summed E-state index contributed by atoms with van der Waals surface area (Å²) < 4.78 is 5.92. The molecule has 116 valence electrons. The number of amides is 1. The van der Waals surface area contributed by atoms with Gasteiger partial charge in [-0.1, -0.05) is 33.3 Å². The van der Waals surface area contributed by atoms with E-state index < -0.39 is 6.10 Å². The van der Waals surface area contributed by atoms with Crippen LogP contribution in [-0.2, 0) is 4.79 Å². The Morgan fingerprint density at radius 3 is 2.62 bits per heavy atom. The third-order valence-electron chi connectivity index (χ3n) is 3.90. The van der Waals surface area contributed by atoms with Gasteiger partial charge in [-0.25, -0.2) is 0 Å². The highest BCUT2D eigenvalue weighted by atomic mass is 16.5. The number of nitrogens with zero attached hydrogens (tertiary/aromatic N) is 1. The van der Waals surface area contributed by atoms with Crippen LogP contribution in [-0.4, -0.2) is 18.6 Å². The third kappa shape index (κ3) is 3.21. The lowest BCUT2D eigenvalue weighted by atomic mass is 10.0. The fourth-order valence-electron chi connectivity index (χ4n) is 2.56. The lowest BCUT2D eigenvalue weighted by molar-refractivity contribution is -0.128. The summed E-state index contributed by atoms with van der Waals surface area (Å²) in [5, 5.41) is 0. The maximum Gasteiger partial charge on any atom is 0.268 e. The van der Waals surface area contributed by atoms with E-state index in [0.717, 1.165) is 36.4 Å². The molecule has 1 aromatic rings. The Kier molecular flexibility index (Phi) is 4.88. The molecule has 0 spiro atoms. The molecule has 2 rings (SSSR count). The highest BCUT2D eigenvalue weighted by molar-refractivity contribution is 6.00. The van der Waals surface area contributed by atoms with Gasteiger partial charge in [0.15, 0.2) is 6.10 Å². The number of hydrogen-bond donors (Lipinski definition) is 1. The van der Waals surface area contributed by atoms with Crippen molar-refractivity contribution < 1.29 is 9.53 Å². The van der Waals surface area contributed by atoms with Crippen LogP contribution in [0.1, 0.15) is 52.1 Å². The number of rotatable bonds is 5. The molecular formula is C17H26N2O2. The summed E-state index contributed by atoms with van der Waals surface area (Å²) in [6, 6.07) is 5.86. The first-order valence-electron chi connectivity index (χ1n) is 7.83. The van der Waals surface area contributed by atoms with Crippen LogP contribution in [0.15, 0.2) is 18.2 Å². The van der Waals surface area contributed by atoms with Gasteiger partial charge in [0.05, 0.1) is 5.69 Å². The molecule has 0 bridgehead atoms. The van der Waals surface area contributed by atoms with Crippen LogP contribution in [0.2, 0.25) is 0 Å². The molecule has 1 amide bonds. The number of nitrogens with two attached hydrogens (primary N) is 1. The lowest BCUT2D eigenvalue weighted by Crippen LogP contribution is -2.48. The van der Waals surface area contributed by atoms with Crippen LogP contribution >= 0.6 is 0 Å². The van der Waals surface area contributed by atoms with Crippen LogP contribution in [0.25, 0.3) is 0 Å². The van der Waals surface area contributed by atoms with Crippen molar-refractivity contribution in [1.82, 2.24) is 0 Å². The van der Waals surface area contributed by atoms with E-state index in [9.17, 15) is 4.79 Å². The predicted octanol–water partition coefficient (Wildman–Crippen LogP) is 3.26. The number of benzene rings is 1. The number of carbonyl (C=O) groups excluding carboxylic acids is 1. The van der Waals surface area contributed by atoms with E-state index in [4.69, 9.17) is 10.5 Å². The second-order valence-corrected chi connectivity index (χ2v) is 6.14. The van der Waals surface area contributed by atoms with Gasteiger partial charge in [-0.3, -0.25) is 4.79 Å². The Morgan fingerprint density at radius 1 is 1.33 bits per heavy atom. The molecule has 4 heteroatoms. The lowest BCUT2D eigenvalue weighted by Gasteiger charge is -2.36. The van der Waals surface area contributed by atoms with E-state index in [1.54, 1.807) is 0 Å². The van der Waals surface area contributed by atoms with Crippen LogP contribution in [0, 0.1) is 5.92 Å². The molecule has 0 aliphatic carbocycles. The molecule has 0 fully saturated rings. The number of anilines is 1. The zero-order valence-electron chi connectivity index (χ0n) is 13.4. The summed E-state index contributed by atoms with van der Waals surface area (Å²) in [7, 11) is 0. The Balaban J connectivity index is 2.41. The minimum absolute atomic E-state index is 0.0544. The first kappa shape index (κ1) is 15.8. The Labute approximate surface area is 127 Å². The zero-order valence-corrected chi connectivity index (χ0v) is 13.4. The molecule has 0 aromatic heterocycles. The number of hydrogen-bond acceptors (Lipinski definition) is 3. The molecule has 2 N–H and O–H groups in total. The monoisotopic (exact) mass is 290 g/mol. The standard InChI is InChI=1S/C17H26N2O2/c1-5-6-9-19-14-10-13(12(4)18)7-8-15(14)21-16(11(2)3)17(19)20/h7-8,10-12,16H,5-6,9,18H2,1-4H3. The summed E-state index contributed by atoms with van der Waals surface area (Å²) >= 11 is 0. The Morgan fingerprint density at radius 2 is 2.05 bits per heavy atom. The van der Waals surface area contributed by atoms with Gasteiger partial charge in [0.1, 0.15) is 5.75 Å². The van der Waals surface area contributed by atoms with Crippen LogP contribution in [0.4, 0.5) is 5.69 Å². The minimum atomic E-state index is -0.393. The second kappa shape index (κ2) is 6.48. The van der Waals surface area contributed by atoms with Gasteiger partial charge in [-0.05, 0) is 37.0 Å². The SMILES string of the molecule is CCCCN1C(=O)C(C(C)C)Oc2ccc(C(C)N)cc21. The average molecular weight is 290 g/mol. The smallest absolute Gasteiger partial charge is 0.268 e. The molecule has 4 nitrogen and oxygen atoms in total. The van der Waals surface area contributed by atoms with Gasteiger partial charge < -0.3 is 15.4 Å². The highest BCUT2D eigenvalue weighted by Crippen LogP contribution is 2.37. The molecule has 2 unspecified atom stereocenters. The fraction of sp³-hybridized carbons (Fsp3) is 0.588. The van der Waals surface area contributed by atoms with Gasteiger partial charge in [0.25, 0.3) is 5.91 Å². The van der Waals surface area contributed by atoms with Gasteiger partial charge in [-0.15, -0.1) is 0 Å². The average Bonchev–Trinajstić information content (AvgIpc) is 2.44. The minimum Gasteiger partial charge on any atom is -0.478 e. The summed E-state index contributed by atoms with van der Waals surface area (Å²) in [4.78, 5) is 14.6. The second-order valence-electron chi connectivity index (χ2n) is 6.14. The first-order valence-corrected chi connectivity index (χ1v) is 7.83. The summed E-state index contributed by atoms with van der Waals surface area (Å²) in [6.45, 7) is 8.84. The maximum absolute atomic E-state index is 12.7. The molecule has 1 aliphatic rings. The van der Waals surface area contributed by atoms with Crippen molar-refractivity contribution >= 4 is 11.6 Å². The van der Waals surface area contributed by atoms with Gasteiger partial charge in [0, 0.05) is 12.6 Å². The molecule has 1 aromatic carbocycles. The molecule has 1 heterocycles. The number of fused-ring (bicyclic) bond motifs is 1. The predicted molar refractivity (Wildman–Crippen MR) is 85.6 cm³/mol. The topological polar surface area (TPSA) is 55.6 Å².